The monoisotopic (exact) mass is 282 g/mol. The van der Waals surface area contributed by atoms with Crippen molar-refractivity contribution >= 4 is 11.6 Å². The molecular formula is C17H18N2O2. The minimum atomic E-state index is -0.681. The highest BCUT2D eigenvalue weighted by atomic mass is 16.5. The van der Waals surface area contributed by atoms with Crippen LogP contribution in [-0.4, -0.2) is 11.4 Å². The van der Waals surface area contributed by atoms with E-state index in [9.17, 15) is 4.79 Å². The van der Waals surface area contributed by atoms with Gasteiger partial charge in [0.25, 0.3) is 0 Å². The quantitative estimate of drug-likeness (QED) is 0.904. The van der Waals surface area contributed by atoms with Gasteiger partial charge < -0.3 is 15.8 Å². The lowest BCUT2D eigenvalue weighted by atomic mass is 9.77. The normalized spacial score (nSPS) is 15.9. The summed E-state index contributed by atoms with van der Waals surface area (Å²) in [4.78, 5) is 12.0. The molecule has 0 unspecified atom stereocenters. The Bertz CT molecular complexity index is 619. The molecule has 4 heteroatoms. The number of anilines is 1. The van der Waals surface area contributed by atoms with Crippen molar-refractivity contribution in [3.05, 3.63) is 54.6 Å². The molecule has 2 aromatic carbocycles. The van der Waals surface area contributed by atoms with Gasteiger partial charge in [0.1, 0.15) is 11.5 Å². The Balaban J connectivity index is 1.63. The smallest absolute Gasteiger partial charge is 0.244 e. The maximum atomic E-state index is 12.0. The number of para-hydroxylation sites is 1. The molecule has 0 heterocycles. The van der Waals surface area contributed by atoms with E-state index in [0.717, 1.165) is 36.4 Å². The molecule has 108 valence electrons. The molecule has 0 aliphatic heterocycles. The lowest BCUT2D eigenvalue weighted by Gasteiger charge is -2.36. The Kier molecular flexibility index (Phi) is 3.62. The van der Waals surface area contributed by atoms with Crippen LogP contribution in [0.2, 0.25) is 0 Å². The van der Waals surface area contributed by atoms with Crippen LogP contribution in [0, 0.1) is 0 Å². The molecule has 3 rings (SSSR count). The van der Waals surface area contributed by atoms with Gasteiger partial charge in [-0.3, -0.25) is 4.79 Å². The zero-order valence-electron chi connectivity index (χ0n) is 11.7. The van der Waals surface area contributed by atoms with E-state index in [1.165, 1.54) is 0 Å². The standard InChI is InChI=1S/C17H18N2O2/c18-17(11-4-12-17)16(20)19-13-7-9-15(10-8-13)21-14-5-2-1-3-6-14/h1-3,5-10H,4,11-12,18H2,(H,19,20). The minimum absolute atomic E-state index is 0.106. The summed E-state index contributed by atoms with van der Waals surface area (Å²) >= 11 is 0. The van der Waals surface area contributed by atoms with Gasteiger partial charge in [0, 0.05) is 5.69 Å². The highest BCUT2D eigenvalue weighted by molar-refractivity contribution is 5.98. The summed E-state index contributed by atoms with van der Waals surface area (Å²) in [5.74, 6) is 1.40. The molecule has 0 atom stereocenters. The van der Waals surface area contributed by atoms with Crippen LogP contribution in [0.25, 0.3) is 0 Å². The van der Waals surface area contributed by atoms with Crippen LogP contribution < -0.4 is 15.8 Å². The third kappa shape index (κ3) is 3.06. The number of hydrogen-bond donors (Lipinski definition) is 2. The second-order valence-electron chi connectivity index (χ2n) is 5.40. The average molecular weight is 282 g/mol. The van der Waals surface area contributed by atoms with Gasteiger partial charge in [0.05, 0.1) is 5.54 Å². The minimum Gasteiger partial charge on any atom is -0.457 e. The van der Waals surface area contributed by atoms with Crippen LogP contribution in [0.15, 0.2) is 54.6 Å². The number of benzene rings is 2. The molecule has 3 N–H and O–H groups in total. The molecule has 1 fully saturated rings. The maximum Gasteiger partial charge on any atom is 0.244 e. The van der Waals surface area contributed by atoms with Crippen molar-refractivity contribution < 1.29 is 9.53 Å². The molecule has 4 nitrogen and oxygen atoms in total. The fraction of sp³-hybridized carbons (Fsp3) is 0.235. The number of nitrogens with one attached hydrogen (secondary N) is 1. The number of rotatable bonds is 4. The summed E-state index contributed by atoms with van der Waals surface area (Å²) in [7, 11) is 0. The van der Waals surface area contributed by atoms with Crippen molar-refractivity contribution in [3.8, 4) is 11.5 Å². The van der Waals surface area contributed by atoms with Crippen molar-refractivity contribution in [1.29, 1.82) is 0 Å². The van der Waals surface area contributed by atoms with E-state index in [2.05, 4.69) is 5.32 Å². The largest absolute Gasteiger partial charge is 0.457 e. The third-order valence-corrected chi connectivity index (χ3v) is 3.79. The number of ether oxygens (including phenoxy) is 1. The topological polar surface area (TPSA) is 64.4 Å². The highest BCUT2D eigenvalue weighted by Gasteiger charge is 2.40. The van der Waals surface area contributed by atoms with Crippen molar-refractivity contribution in [1.82, 2.24) is 0 Å². The van der Waals surface area contributed by atoms with Gasteiger partial charge in [0.2, 0.25) is 5.91 Å². The zero-order chi connectivity index (χ0) is 14.7. The number of amides is 1. The van der Waals surface area contributed by atoms with Crippen LogP contribution in [0.4, 0.5) is 5.69 Å². The summed E-state index contributed by atoms with van der Waals surface area (Å²) in [5.41, 5.74) is 6.04. The molecular weight excluding hydrogens is 264 g/mol. The van der Waals surface area contributed by atoms with Crippen LogP contribution in [0.1, 0.15) is 19.3 Å². The Morgan fingerprint density at radius 1 is 1.00 bits per heavy atom. The van der Waals surface area contributed by atoms with E-state index < -0.39 is 5.54 Å². The van der Waals surface area contributed by atoms with E-state index in [1.54, 1.807) is 0 Å². The Hall–Kier alpha value is -2.33. The van der Waals surface area contributed by atoms with Gasteiger partial charge in [0.15, 0.2) is 0 Å². The molecule has 0 bridgehead atoms. The highest BCUT2D eigenvalue weighted by Crippen LogP contribution is 2.30. The summed E-state index contributed by atoms with van der Waals surface area (Å²) in [6.45, 7) is 0. The van der Waals surface area contributed by atoms with Crippen LogP contribution in [-0.2, 0) is 4.79 Å². The van der Waals surface area contributed by atoms with Gasteiger partial charge in [-0.1, -0.05) is 18.2 Å². The predicted molar refractivity (Wildman–Crippen MR) is 82.4 cm³/mol. The summed E-state index contributed by atoms with van der Waals surface area (Å²) < 4.78 is 5.70. The maximum absolute atomic E-state index is 12.0. The second kappa shape index (κ2) is 5.58. The number of carbonyl (C=O) groups is 1. The molecule has 2 aromatic rings. The lowest BCUT2D eigenvalue weighted by molar-refractivity contribution is -0.123. The fourth-order valence-electron chi connectivity index (χ4n) is 2.27. The van der Waals surface area contributed by atoms with Crippen molar-refractivity contribution in [2.24, 2.45) is 5.73 Å². The van der Waals surface area contributed by atoms with Crippen LogP contribution in [0.3, 0.4) is 0 Å². The van der Waals surface area contributed by atoms with Gasteiger partial charge in [-0.15, -0.1) is 0 Å². The fourth-order valence-corrected chi connectivity index (χ4v) is 2.27. The zero-order valence-corrected chi connectivity index (χ0v) is 11.7. The molecule has 21 heavy (non-hydrogen) atoms. The van der Waals surface area contributed by atoms with E-state index >= 15 is 0 Å². The molecule has 1 saturated carbocycles. The second-order valence-corrected chi connectivity index (χ2v) is 5.40. The van der Waals surface area contributed by atoms with Gasteiger partial charge >= 0.3 is 0 Å². The number of carbonyl (C=O) groups excluding carboxylic acids is 1. The summed E-state index contributed by atoms with van der Waals surface area (Å²) in [6.07, 6.45) is 2.54. The van der Waals surface area contributed by atoms with Crippen LogP contribution >= 0.6 is 0 Å². The first kappa shape index (κ1) is 13.6. The number of hydrogen-bond acceptors (Lipinski definition) is 3. The first-order valence-corrected chi connectivity index (χ1v) is 7.09. The van der Waals surface area contributed by atoms with Gasteiger partial charge in [-0.25, -0.2) is 0 Å². The van der Waals surface area contributed by atoms with Crippen molar-refractivity contribution in [3.63, 3.8) is 0 Å². The SMILES string of the molecule is NC1(C(=O)Nc2ccc(Oc3ccccc3)cc2)CCC1. The first-order chi connectivity index (χ1) is 10.2. The average Bonchev–Trinajstić information content (AvgIpc) is 2.48. The third-order valence-electron chi connectivity index (χ3n) is 3.79. The van der Waals surface area contributed by atoms with Crippen LogP contribution in [0.5, 0.6) is 11.5 Å². The Morgan fingerprint density at radius 3 is 2.19 bits per heavy atom. The molecule has 0 spiro atoms. The molecule has 0 aromatic heterocycles. The molecule has 0 radical (unpaired) electrons. The molecule has 1 aliphatic carbocycles. The Morgan fingerprint density at radius 2 is 1.62 bits per heavy atom. The molecule has 1 amide bonds. The first-order valence-electron chi connectivity index (χ1n) is 7.09. The molecule has 1 aliphatic rings. The predicted octanol–water partition coefficient (Wildman–Crippen LogP) is 3.30. The van der Waals surface area contributed by atoms with E-state index in [0.29, 0.717) is 0 Å². The van der Waals surface area contributed by atoms with E-state index in [-0.39, 0.29) is 5.91 Å². The number of nitrogens with two attached hydrogens (primary N) is 1. The van der Waals surface area contributed by atoms with Crippen molar-refractivity contribution in [2.75, 3.05) is 5.32 Å². The Labute approximate surface area is 123 Å². The summed E-state index contributed by atoms with van der Waals surface area (Å²) in [6, 6.07) is 16.9. The van der Waals surface area contributed by atoms with Gasteiger partial charge in [-0.05, 0) is 55.7 Å². The lowest BCUT2D eigenvalue weighted by Crippen LogP contribution is -2.56. The van der Waals surface area contributed by atoms with E-state index in [1.807, 2.05) is 54.6 Å². The summed E-state index contributed by atoms with van der Waals surface area (Å²) in [5, 5.41) is 2.86. The van der Waals surface area contributed by atoms with Crippen molar-refractivity contribution in [2.45, 2.75) is 24.8 Å². The van der Waals surface area contributed by atoms with Gasteiger partial charge in [-0.2, -0.15) is 0 Å². The van der Waals surface area contributed by atoms with E-state index in [4.69, 9.17) is 10.5 Å². The molecule has 0 saturated heterocycles.